The Balaban J connectivity index is 2.75. The van der Waals surface area contributed by atoms with Gasteiger partial charge in [0, 0.05) is 15.5 Å². The van der Waals surface area contributed by atoms with E-state index in [2.05, 4.69) is 37.2 Å². The fourth-order valence-electron chi connectivity index (χ4n) is 0.809. The van der Waals surface area contributed by atoms with Crippen molar-refractivity contribution in [1.82, 2.24) is 5.32 Å². The molecule has 0 fully saturated rings. The third-order valence-corrected chi connectivity index (χ3v) is 3.25. The highest BCUT2D eigenvalue weighted by atomic mass is 79.9. The summed E-state index contributed by atoms with van der Waals surface area (Å²) in [5, 5.41) is 2.59. The lowest BCUT2D eigenvalue weighted by molar-refractivity contribution is -0.109. The van der Waals surface area contributed by atoms with Gasteiger partial charge in [0.05, 0.1) is 0 Å². The Kier molecular flexibility index (Phi) is 3.75. The molecule has 0 unspecified atom stereocenters. The van der Waals surface area contributed by atoms with Crippen LogP contribution in [0, 0.1) is 0 Å². The average Bonchev–Trinajstić information content (AvgIpc) is 2.07. The molecular weight excluding hydrogens is 286 g/mol. The molecule has 2 nitrogen and oxygen atoms in total. The molecule has 0 radical (unpaired) electrons. The normalized spacial score (nSPS) is 9.50. The summed E-state index contributed by atoms with van der Waals surface area (Å²) in [7, 11) is 0. The number of hydrogen-bond acceptors (Lipinski definition) is 1. The Hall–Kier alpha value is -0.350. The lowest BCUT2D eigenvalue weighted by Crippen LogP contribution is -2.09. The Morgan fingerprint density at radius 1 is 1.33 bits per heavy atom. The first-order valence-corrected chi connectivity index (χ1v) is 4.93. The van der Waals surface area contributed by atoms with Crippen molar-refractivity contribution in [3.63, 3.8) is 0 Å². The Bertz CT molecular complexity index is 288. The first-order valence-electron chi connectivity index (χ1n) is 3.35. The molecule has 0 atom stereocenters. The maximum atomic E-state index is 10.00. The molecule has 64 valence electrons. The van der Waals surface area contributed by atoms with Gasteiger partial charge in [0.15, 0.2) is 0 Å². The summed E-state index contributed by atoms with van der Waals surface area (Å²) >= 11 is 6.74. The highest BCUT2D eigenvalue weighted by molar-refractivity contribution is 9.13. The molecule has 1 rings (SSSR count). The van der Waals surface area contributed by atoms with Crippen molar-refractivity contribution in [2.75, 3.05) is 0 Å². The van der Waals surface area contributed by atoms with Crippen LogP contribution in [0.1, 0.15) is 5.56 Å². The fourth-order valence-corrected chi connectivity index (χ4v) is 1.48. The van der Waals surface area contributed by atoms with E-state index in [0.29, 0.717) is 13.0 Å². The summed E-state index contributed by atoms with van der Waals surface area (Å²) < 4.78 is 2.00. The van der Waals surface area contributed by atoms with Crippen molar-refractivity contribution in [3.05, 3.63) is 32.7 Å². The van der Waals surface area contributed by atoms with Gasteiger partial charge in [0.2, 0.25) is 6.41 Å². The van der Waals surface area contributed by atoms with E-state index < -0.39 is 0 Å². The number of nitrogens with one attached hydrogen (secondary N) is 1. The first kappa shape index (κ1) is 9.74. The molecular formula is C8H7Br2NO. The second kappa shape index (κ2) is 4.62. The number of carbonyl (C=O) groups excluding carboxylic acids is 1. The Morgan fingerprint density at radius 2 is 2.08 bits per heavy atom. The maximum Gasteiger partial charge on any atom is 0.207 e. The van der Waals surface area contributed by atoms with Crippen molar-refractivity contribution in [3.8, 4) is 0 Å². The van der Waals surface area contributed by atoms with E-state index >= 15 is 0 Å². The monoisotopic (exact) mass is 291 g/mol. The van der Waals surface area contributed by atoms with E-state index in [1.165, 1.54) is 0 Å². The molecule has 1 N–H and O–H groups in total. The van der Waals surface area contributed by atoms with E-state index in [0.717, 1.165) is 14.5 Å². The summed E-state index contributed by atoms with van der Waals surface area (Å²) in [6.07, 6.45) is 0.690. The smallest absolute Gasteiger partial charge is 0.207 e. The zero-order valence-corrected chi connectivity index (χ0v) is 9.35. The van der Waals surface area contributed by atoms with Gasteiger partial charge in [-0.3, -0.25) is 4.79 Å². The summed E-state index contributed by atoms with van der Waals surface area (Å²) in [5.74, 6) is 0. The van der Waals surface area contributed by atoms with Crippen molar-refractivity contribution in [2.45, 2.75) is 6.54 Å². The van der Waals surface area contributed by atoms with Crippen LogP contribution in [0.4, 0.5) is 0 Å². The van der Waals surface area contributed by atoms with Gasteiger partial charge in [-0.15, -0.1) is 0 Å². The number of benzene rings is 1. The van der Waals surface area contributed by atoms with Crippen LogP contribution in [0.2, 0.25) is 0 Å². The summed E-state index contributed by atoms with van der Waals surface area (Å²) in [6.45, 7) is 0.565. The zero-order valence-electron chi connectivity index (χ0n) is 6.18. The molecule has 0 saturated carbocycles. The van der Waals surface area contributed by atoms with Crippen LogP contribution in [-0.2, 0) is 11.3 Å². The molecule has 1 aromatic rings. The highest BCUT2D eigenvalue weighted by Crippen LogP contribution is 2.23. The van der Waals surface area contributed by atoms with Crippen LogP contribution in [-0.4, -0.2) is 6.41 Å². The van der Waals surface area contributed by atoms with E-state index in [9.17, 15) is 4.79 Å². The molecule has 0 aliphatic heterocycles. The largest absolute Gasteiger partial charge is 0.355 e. The number of halogens is 2. The van der Waals surface area contributed by atoms with Crippen LogP contribution in [0.5, 0.6) is 0 Å². The van der Waals surface area contributed by atoms with Crippen LogP contribution in [0.3, 0.4) is 0 Å². The zero-order chi connectivity index (χ0) is 8.97. The predicted molar refractivity (Wildman–Crippen MR) is 54.7 cm³/mol. The number of hydrogen-bond donors (Lipinski definition) is 1. The molecule has 0 aliphatic rings. The van der Waals surface area contributed by atoms with Crippen LogP contribution in [0.25, 0.3) is 0 Å². The average molecular weight is 293 g/mol. The van der Waals surface area contributed by atoms with Crippen LogP contribution < -0.4 is 5.32 Å². The minimum absolute atomic E-state index is 0.565. The number of carbonyl (C=O) groups is 1. The second-order valence-corrected chi connectivity index (χ2v) is 3.96. The molecule has 0 bridgehead atoms. The number of rotatable bonds is 3. The van der Waals surface area contributed by atoms with Crippen molar-refractivity contribution in [1.29, 1.82) is 0 Å². The van der Waals surface area contributed by atoms with E-state index in [-0.39, 0.29) is 0 Å². The van der Waals surface area contributed by atoms with Gasteiger partial charge in [0.25, 0.3) is 0 Å². The van der Waals surface area contributed by atoms with Gasteiger partial charge in [-0.05, 0) is 49.6 Å². The standard InChI is InChI=1S/C8H7Br2NO/c9-7-2-1-6(3-8(7)10)4-11-5-12/h1-3,5H,4H2,(H,11,12). The molecule has 0 aromatic heterocycles. The summed E-state index contributed by atoms with van der Waals surface area (Å²) in [4.78, 5) is 10.00. The molecule has 1 amide bonds. The van der Waals surface area contributed by atoms with E-state index in [1.54, 1.807) is 0 Å². The molecule has 0 saturated heterocycles. The van der Waals surface area contributed by atoms with Gasteiger partial charge < -0.3 is 5.32 Å². The van der Waals surface area contributed by atoms with Gasteiger partial charge >= 0.3 is 0 Å². The van der Waals surface area contributed by atoms with E-state index in [1.807, 2.05) is 18.2 Å². The quantitative estimate of drug-likeness (QED) is 0.852. The van der Waals surface area contributed by atoms with Crippen LogP contribution in [0.15, 0.2) is 27.1 Å². The molecule has 1 aromatic carbocycles. The third-order valence-electron chi connectivity index (χ3n) is 1.37. The van der Waals surface area contributed by atoms with Crippen molar-refractivity contribution >= 4 is 38.3 Å². The van der Waals surface area contributed by atoms with Crippen LogP contribution >= 0.6 is 31.9 Å². The topological polar surface area (TPSA) is 29.1 Å². The van der Waals surface area contributed by atoms with Gasteiger partial charge in [-0.25, -0.2) is 0 Å². The Labute approximate surface area is 87.6 Å². The molecule has 0 spiro atoms. The molecule has 4 heteroatoms. The van der Waals surface area contributed by atoms with Gasteiger partial charge in [-0.1, -0.05) is 6.07 Å². The van der Waals surface area contributed by atoms with Crippen molar-refractivity contribution < 1.29 is 4.79 Å². The predicted octanol–water partition coefficient (Wildman–Crippen LogP) is 2.46. The second-order valence-electron chi connectivity index (χ2n) is 2.25. The molecule has 12 heavy (non-hydrogen) atoms. The highest BCUT2D eigenvalue weighted by Gasteiger charge is 1.97. The molecule has 0 aliphatic carbocycles. The lowest BCUT2D eigenvalue weighted by atomic mass is 10.2. The summed E-state index contributed by atoms with van der Waals surface area (Å²) in [5.41, 5.74) is 1.07. The minimum Gasteiger partial charge on any atom is -0.355 e. The van der Waals surface area contributed by atoms with Crippen molar-refractivity contribution in [2.24, 2.45) is 0 Å². The minimum atomic E-state index is 0.565. The Morgan fingerprint density at radius 3 is 2.67 bits per heavy atom. The van der Waals surface area contributed by atoms with Gasteiger partial charge in [-0.2, -0.15) is 0 Å². The lowest BCUT2D eigenvalue weighted by Gasteiger charge is -2.01. The molecule has 0 heterocycles. The maximum absolute atomic E-state index is 10.00. The number of amides is 1. The van der Waals surface area contributed by atoms with Gasteiger partial charge in [0.1, 0.15) is 0 Å². The first-order chi connectivity index (χ1) is 5.74. The third kappa shape index (κ3) is 2.60. The fraction of sp³-hybridized carbons (Fsp3) is 0.125. The van der Waals surface area contributed by atoms with E-state index in [4.69, 9.17) is 0 Å². The SMILES string of the molecule is O=CNCc1ccc(Br)c(Br)c1. The summed E-state index contributed by atoms with van der Waals surface area (Å²) in [6, 6.07) is 5.85.